The fraction of sp³-hybridized carbons (Fsp3) is 0.571. The predicted octanol–water partition coefficient (Wildman–Crippen LogP) is 2.42. The standard InChI is InChI=1S/C14H22FNO2S/c1-11(5-7-17)19-14-4-3-13(15)9-12(14)10-16-6-8-18-2/h3-4,9,11,16-17H,5-8,10H2,1-2H3. The summed E-state index contributed by atoms with van der Waals surface area (Å²) in [5.74, 6) is -0.220. The molecule has 19 heavy (non-hydrogen) atoms. The largest absolute Gasteiger partial charge is 0.396 e. The van der Waals surface area contributed by atoms with Crippen LogP contribution in [0.3, 0.4) is 0 Å². The van der Waals surface area contributed by atoms with Gasteiger partial charge in [-0.3, -0.25) is 0 Å². The molecule has 5 heteroatoms. The van der Waals surface area contributed by atoms with Crippen LogP contribution in [0.4, 0.5) is 4.39 Å². The Labute approximate surface area is 118 Å². The third-order valence-electron chi connectivity index (χ3n) is 2.68. The molecule has 1 unspecified atom stereocenters. The zero-order valence-corrected chi connectivity index (χ0v) is 12.3. The molecule has 0 radical (unpaired) electrons. The van der Waals surface area contributed by atoms with E-state index in [0.717, 1.165) is 23.4 Å². The van der Waals surface area contributed by atoms with E-state index in [1.54, 1.807) is 31.0 Å². The van der Waals surface area contributed by atoms with Gasteiger partial charge in [-0.2, -0.15) is 0 Å². The quantitative estimate of drug-likeness (QED) is 0.541. The van der Waals surface area contributed by atoms with E-state index in [1.807, 2.05) is 0 Å². The summed E-state index contributed by atoms with van der Waals surface area (Å²) in [4.78, 5) is 1.06. The number of aliphatic hydroxyl groups is 1. The highest BCUT2D eigenvalue weighted by molar-refractivity contribution is 8.00. The molecular weight excluding hydrogens is 265 g/mol. The van der Waals surface area contributed by atoms with E-state index >= 15 is 0 Å². The molecule has 0 fully saturated rings. The second kappa shape index (κ2) is 9.31. The van der Waals surface area contributed by atoms with E-state index < -0.39 is 0 Å². The monoisotopic (exact) mass is 287 g/mol. The Hall–Kier alpha value is -0.620. The number of ether oxygens (including phenoxy) is 1. The Morgan fingerprint density at radius 1 is 1.47 bits per heavy atom. The third kappa shape index (κ3) is 6.38. The number of nitrogens with one attached hydrogen (secondary N) is 1. The Balaban J connectivity index is 2.62. The first-order valence-corrected chi connectivity index (χ1v) is 7.31. The highest BCUT2D eigenvalue weighted by Crippen LogP contribution is 2.28. The van der Waals surface area contributed by atoms with Crippen LogP contribution in [0, 0.1) is 5.82 Å². The molecule has 0 bridgehead atoms. The van der Waals surface area contributed by atoms with Crippen LogP contribution in [0.5, 0.6) is 0 Å². The molecule has 0 spiro atoms. The lowest BCUT2D eigenvalue weighted by molar-refractivity contribution is 0.199. The molecule has 3 nitrogen and oxygen atoms in total. The number of benzene rings is 1. The van der Waals surface area contributed by atoms with Crippen molar-refractivity contribution in [3.8, 4) is 0 Å². The summed E-state index contributed by atoms with van der Waals surface area (Å²) in [7, 11) is 1.65. The summed E-state index contributed by atoms with van der Waals surface area (Å²) in [6, 6.07) is 4.85. The van der Waals surface area contributed by atoms with Crippen molar-refractivity contribution in [2.45, 2.75) is 30.0 Å². The molecule has 0 aliphatic heterocycles. The van der Waals surface area contributed by atoms with Gasteiger partial charge in [0.15, 0.2) is 0 Å². The number of hydrogen-bond donors (Lipinski definition) is 2. The molecule has 1 rings (SSSR count). The number of halogens is 1. The van der Waals surface area contributed by atoms with Crippen LogP contribution in [0.2, 0.25) is 0 Å². The molecule has 0 aliphatic rings. The van der Waals surface area contributed by atoms with Crippen molar-refractivity contribution in [3.05, 3.63) is 29.6 Å². The summed E-state index contributed by atoms with van der Waals surface area (Å²) in [5.41, 5.74) is 0.950. The lowest BCUT2D eigenvalue weighted by atomic mass is 10.2. The van der Waals surface area contributed by atoms with Crippen LogP contribution < -0.4 is 5.32 Å². The first-order chi connectivity index (χ1) is 9.17. The Bertz CT molecular complexity index is 376. The molecule has 108 valence electrons. The van der Waals surface area contributed by atoms with E-state index in [-0.39, 0.29) is 12.4 Å². The van der Waals surface area contributed by atoms with Crippen molar-refractivity contribution < 1.29 is 14.2 Å². The Morgan fingerprint density at radius 3 is 2.95 bits per heavy atom. The topological polar surface area (TPSA) is 41.5 Å². The SMILES string of the molecule is COCCNCc1cc(F)ccc1SC(C)CCO. The van der Waals surface area contributed by atoms with Gasteiger partial charge in [0.2, 0.25) is 0 Å². The van der Waals surface area contributed by atoms with Gasteiger partial charge in [-0.1, -0.05) is 6.92 Å². The van der Waals surface area contributed by atoms with Crippen molar-refractivity contribution in [2.75, 3.05) is 26.9 Å². The summed E-state index contributed by atoms with van der Waals surface area (Å²) in [5, 5.41) is 12.5. The molecule has 0 saturated carbocycles. The van der Waals surface area contributed by atoms with Crippen LogP contribution >= 0.6 is 11.8 Å². The lowest BCUT2D eigenvalue weighted by Gasteiger charge is -2.14. The zero-order valence-electron chi connectivity index (χ0n) is 11.5. The van der Waals surface area contributed by atoms with E-state index in [2.05, 4.69) is 12.2 Å². The molecular formula is C14H22FNO2S. The predicted molar refractivity (Wildman–Crippen MR) is 77.0 cm³/mol. The molecule has 0 saturated heterocycles. The minimum atomic E-state index is -0.220. The third-order valence-corrected chi connectivity index (χ3v) is 3.98. The number of hydrogen-bond acceptors (Lipinski definition) is 4. The lowest BCUT2D eigenvalue weighted by Crippen LogP contribution is -2.19. The van der Waals surface area contributed by atoms with Crippen LogP contribution in [-0.2, 0) is 11.3 Å². The van der Waals surface area contributed by atoms with Crippen molar-refractivity contribution >= 4 is 11.8 Å². The molecule has 2 N–H and O–H groups in total. The van der Waals surface area contributed by atoms with Gasteiger partial charge in [0.05, 0.1) is 6.61 Å². The van der Waals surface area contributed by atoms with Crippen LogP contribution in [0.25, 0.3) is 0 Å². The van der Waals surface area contributed by atoms with E-state index in [9.17, 15) is 4.39 Å². The highest BCUT2D eigenvalue weighted by atomic mass is 32.2. The highest BCUT2D eigenvalue weighted by Gasteiger charge is 2.09. The van der Waals surface area contributed by atoms with Crippen LogP contribution in [0.15, 0.2) is 23.1 Å². The van der Waals surface area contributed by atoms with E-state index in [4.69, 9.17) is 9.84 Å². The number of aliphatic hydroxyl groups excluding tert-OH is 1. The maximum atomic E-state index is 13.3. The molecule has 0 aromatic heterocycles. The number of rotatable bonds is 9. The molecule has 0 aliphatic carbocycles. The van der Waals surface area contributed by atoms with E-state index in [1.165, 1.54) is 6.07 Å². The molecule has 1 aromatic carbocycles. The minimum absolute atomic E-state index is 0.177. The summed E-state index contributed by atoms with van der Waals surface area (Å²) in [6.45, 7) is 4.24. The maximum Gasteiger partial charge on any atom is 0.123 e. The van der Waals surface area contributed by atoms with Crippen molar-refractivity contribution in [1.82, 2.24) is 5.32 Å². The second-order valence-electron chi connectivity index (χ2n) is 4.36. The van der Waals surface area contributed by atoms with Crippen molar-refractivity contribution in [1.29, 1.82) is 0 Å². The minimum Gasteiger partial charge on any atom is -0.396 e. The summed E-state index contributed by atoms with van der Waals surface area (Å²) in [6.07, 6.45) is 0.735. The smallest absolute Gasteiger partial charge is 0.123 e. The molecule has 1 atom stereocenters. The number of methoxy groups -OCH3 is 1. The van der Waals surface area contributed by atoms with Gasteiger partial charge in [-0.05, 0) is 30.2 Å². The first kappa shape index (κ1) is 16.4. The molecule has 0 amide bonds. The zero-order chi connectivity index (χ0) is 14.1. The Morgan fingerprint density at radius 2 is 2.26 bits per heavy atom. The van der Waals surface area contributed by atoms with Gasteiger partial charge in [-0.15, -0.1) is 11.8 Å². The fourth-order valence-electron chi connectivity index (χ4n) is 1.66. The normalized spacial score (nSPS) is 12.6. The van der Waals surface area contributed by atoms with Gasteiger partial charge in [-0.25, -0.2) is 4.39 Å². The van der Waals surface area contributed by atoms with Crippen molar-refractivity contribution in [3.63, 3.8) is 0 Å². The van der Waals surface area contributed by atoms with Gasteiger partial charge in [0, 0.05) is 37.0 Å². The maximum absolute atomic E-state index is 13.3. The van der Waals surface area contributed by atoms with Crippen LogP contribution in [0.1, 0.15) is 18.9 Å². The van der Waals surface area contributed by atoms with Crippen LogP contribution in [-0.4, -0.2) is 37.2 Å². The van der Waals surface area contributed by atoms with Gasteiger partial charge >= 0.3 is 0 Å². The van der Waals surface area contributed by atoms with Gasteiger partial charge < -0.3 is 15.2 Å². The summed E-state index contributed by atoms with van der Waals surface area (Å²) < 4.78 is 18.3. The second-order valence-corrected chi connectivity index (χ2v) is 5.84. The van der Waals surface area contributed by atoms with Gasteiger partial charge in [0.25, 0.3) is 0 Å². The van der Waals surface area contributed by atoms with Crippen molar-refractivity contribution in [2.24, 2.45) is 0 Å². The molecule has 0 heterocycles. The van der Waals surface area contributed by atoms with E-state index in [0.29, 0.717) is 18.4 Å². The fourth-order valence-corrected chi connectivity index (χ4v) is 2.74. The average Bonchev–Trinajstić information content (AvgIpc) is 2.38. The Kier molecular flexibility index (Phi) is 8.05. The first-order valence-electron chi connectivity index (χ1n) is 6.43. The summed E-state index contributed by atoms with van der Waals surface area (Å²) >= 11 is 1.67. The number of thioether (sulfide) groups is 1. The molecule has 1 aromatic rings. The average molecular weight is 287 g/mol. The van der Waals surface area contributed by atoms with Gasteiger partial charge in [0.1, 0.15) is 5.82 Å².